The minimum atomic E-state index is -2.39. The summed E-state index contributed by atoms with van der Waals surface area (Å²) in [4.78, 5) is 18.7. The van der Waals surface area contributed by atoms with Gasteiger partial charge in [-0.05, 0) is 64.3 Å². The molecule has 2 atom stereocenters. The van der Waals surface area contributed by atoms with E-state index < -0.39 is 9.52 Å². The molecule has 1 aliphatic heterocycles. The van der Waals surface area contributed by atoms with Crippen molar-refractivity contribution in [1.82, 2.24) is 9.55 Å². The highest BCUT2D eigenvalue weighted by molar-refractivity contribution is 7.99. The Kier molecular flexibility index (Phi) is 4.35. The van der Waals surface area contributed by atoms with E-state index in [-0.39, 0.29) is 16.9 Å². The first-order chi connectivity index (χ1) is 14.7. The van der Waals surface area contributed by atoms with Gasteiger partial charge in [-0.25, -0.2) is 0 Å². The summed E-state index contributed by atoms with van der Waals surface area (Å²) in [6.07, 6.45) is 8.34. The number of aryl methyl sites for hydroxylation is 1. The predicted molar refractivity (Wildman–Crippen MR) is 126 cm³/mol. The summed E-state index contributed by atoms with van der Waals surface area (Å²) in [5.41, 5.74) is 3.66. The summed E-state index contributed by atoms with van der Waals surface area (Å²) < 4.78 is 14.3. The Balaban J connectivity index is 1.65. The van der Waals surface area contributed by atoms with Gasteiger partial charge in [0.05, 0.1) is 12.0 Å². The number of nitrogens with zero attached hydrogens (tertiary/aromatic N) is 3. The van der Waals surface area contributed by atoms with Crippen molar-refractivity contribution < 1.29 is 4.21 Å². The van der Waals surface area contributed by atoms with Gasteiger partial charge in [-0.1, -0.05) is 0 Å². The van der Waals surface area contributed by atoms with Crippen LogP contribution in [0.3, 0.4) is 0 Å². The molecular formula is C24H26N4O2S. The molecule has 0 radical (unpaired) electrons. The van der Waals surface area contributed by atoms with E-state index >= 15 is 0 Å². The largest absolute Gasteiger partial charge is 0.371 e. The average Bonchev–Trinajstić information content (AvgIpc) is 3.18. The van der Waals surface area contributed by atoms with Gasteiger partial charge in [0, 0.05) is 65.9 Å². The first-order valence-electron chi connectivity index (χ1n) is 10.5. The van der Waals surface area contributed by atoms with Crippen LogP contribution in [0.15, 0.2) is 46.3 Å². The second-order valence-corrected chi connectivity index (χ2v) is 11.6. The number of rotatable bonds is 3. The van der Waals surface area contributed by atoms with Crippen LogP contribution < -0.4 is 10.5 Å². The third-order valence-corrected chi connectivity index (χ3v) is 8.35. The lowest BCUT2D eigenvalue weighted by molar-refractivity contribution is 0.367. The maximum absolute atomic E-state index is 12.7. The number of H-pyrrole nitrogens is 1. The number of aromatic amines is 1. The number of hydrogen-bond donors (Lipinski definition) is 1. The number of benzene rings is 1. The molecule has 1 aliphatic carbocycles. The van der Waals surface area contributed by atoms with Gasteiger partial charge < -0.3 is 14.5 Å². The fourth-order valence-corrected chi connectivity index (χ4v) is 5.76. The van der Waals surface area contributed by atoms with Gasteiger partial charge in [-0.15, -0.1) is 0 Å². The molecule has 1 aromatic carbocycles. The molecule has 2 fully saturated rings. The van der Waals surface area contributed by atoms with Crippen LogP contribution in [0.1, 0.15) is 19.3 Å². The summed E-state index contributed by atoms with van der Waals surface area (Å²) in [6.45, 7) is 1.77. The molecule has 0 amide bonds. The molecule has 1 spiro atoms. The van der Waals surface area contributed by atoms with Crippen molar-refractivity contribution in [3.63, 3.8) is 0 Å². The predicted octanol–water partition coefficient (Wildman–Crippen LogP) is 3.37. The molecule has 6 nitrogen and oxygen atoms in total. The molecule has 2 aliphatic rings. The molecule has 3 heterocycles. The molecule has 1 N–H and O–H groups in total. The Labute approximate surface area is 182 Å². The third-order valence-electron chi connectivity index (χ3n) is 7.10. The van der Waals surface area contributed by atoms with Crippen LogP contribution in [0.5, 0.6) is 0 Å². The zero-order chi connectivity index (χ0) is 22.0. The summed E-state index contributed by atoms with van der Waals surface area (Å²) in [7, 11) is -0.639. The zero-order valence-corrected chi connectivity index (χ0v) is 18.7. The van der Waals surface area contributed by atoms with Crippen molar-refractivity contribution in [3.05, 3.63) is 47.0 Å². The van der Waals surface area contributed by atoms with Gasteiger partial charge in [0.15, 0.2) is 0 Å². The van der Waals surface area contributed by atoms with Crippen LogP contribution in [0.2, 0.25) is 0 Å². The van der Waals surface area contributed by atoms with Crippen molar-refractivity contribution in [2.24, 2.45) is 18.4 Å². The van der Waals surface area contributed by atoms with Gasteiger partial charge in [0.1, 0.15) is 5.52 Å². The topological polar surface area (TPSA) is 81.9 Å². The van der Waals surface area contributed by atoms with Gasteiger partial charge in [-0.3, -0.25) is 9.00 Å². The van der Waals surface area contributed by atoms with Crippen LogP contribution in [-0.2, 0) is 16.6 Å². The second kappa shape index (κ2) is 6.76. The minimum Gasteiger partial charge on any atom is -0.371 e. The van der Waals surface area contributed by atoms with Crippen molar-refractivity contribution in [1.29, 1.82) is 5.26 Å². The Bertz CT molecular complexity index is 1400. The highest BCUT2D eigenvalue weighted by Crippen LogP contribution is 2.59. The lowest BCUT2D eigenvalue weighted by Gasteiger charge is -2.35. The van der Waals surface area contributed by atoms with Crippen LogP contribution >= 0.6 is 0 Å². The van der Waals surface area contributed by atoms with Crippen molar-refractivity contribution in [2.75, 3.05) is 24.2 Å². The molecule has 31 heavy (non-hydrogen) atoms. The Morgan fingerprint density at radius 3 is 2.65 bits per heavy atom. The van der Waals surface area contributed by atoms with Gasteiger partial charge in [0.25, 0.3) is 5.56 Å². The van der Waals surface area contributed by atoms with Crippen molar-refractivity contribution in [2.45, 2.75) is 24.2 Å². The molecule has 7 heteroatoms. The highest BCUT2D eigenvalue weighted by atomic mass is 32.2. The van der Waals surface area contributed by atoms with E-state index in [9.17, 15) is 14.3 Å². The first kappa shape index (κ1) is 20.0. The second-order valence-electron chi connectivity index (χ2n) is 9.14. The van der Waals surface area contributed by atoms with E-state index in [4.69, 9.17) is 0 Å². The summed E-state index contributed by atoms with van der Waals surface area (Å²) in [5.74, 6) is 4.07. The molecule has 1 saturated carbocycles. The maximum atomic E-state index is 12.7. The van der Waals surface area contributed by atoms with E-state index in [2.05, 4.69) is 21.8 Å². The number of hydrogen-bond acceptors (Lipinski definition) is 4. The van der Waals surface area contributed by atoms with Crippen LogP contribution in [-0.4, -0.2) is 39.0 Å². The molecule has 3 aromatic rings. The normalized spacial score (nSPS) is 21.7. The van der Waals surface area contributed by atoms with E-state index in [1.807, 2.05) is 30.5 Å². The van der Waals surface area contributed by atoms with E-state index in [1.165, 1.54) is 0 Å². The molecule has 160 valence electrons. The number of anilines is 1. The van der Waals surface area contributed by atoms with Crippen molar-refractivity contribution >= 4 is 32.0 Å². The quantitative estimate of drug-likeness (QED) is 0.641. The summed E-state index contributed by atoms with van der Waals surface area (Å²) in [5, 5.41) is 10.2. The lowest BCUT2D eigenvalue weighted by Crippen LogP contribution is -2.35. The van der Waals surface area contributed by atoms with E-state index in [0.717, 1.165) is 54.6 Å². The smallest absolute Gasteiger partial charge is 0.274 e. The Morgan fingerprint density at radius 1 is 1.26 bits per heavy atom. The lowest BCUT2D eigenvalue weighted by atomic mass is 9.90. The number of nitrogens with one attached hydrogen (secondary N) is 1. The first-order valence-corrected chi connectivity index (χ1v) is 12.6. The maximum Gasteiger partial charge on any atom is 0.274 e. The van der Waals surface area contributed by atoms with E-state index in [1.54, 1.807) is 24.1 Å². The number of nitriles is 1. The summed E-state index contributed by atoms with van der Waals surface area (Å²) in [6, 6.07) is 10.3. The highest BCUT2D eigenvalue weighted by Gasteiger charge is 2.55. The Morgan fingerprint density at radius 2 is 2.00 bits per heavy atom. The number of fused-ring (bicyclic) bond motifs is 1. The Hall–Kier alpha value is -2.98. The monoisotopic (exact) mass is 434 g/mol. The average molecular weight is 435 g/mol. The van der Waals surface area contributed by atoms with Crippen molar-refractivity contribution in [3.8, 4) is 17.2 Å². The molecule has 0 bridgehead atoms. The van der Waals surface area contributed by atoms with Gasteiger partial charge in [0.2, 0.25) is 0 Å². The molecular weight excluding hydrogens is 408 g/mol. The van der Waals surface area contributed by atoms with Gasteiger partial charge in [-0.2, -0.15) is 5.26 Å². The standard InChI is InChI=1S/C24H26N4O2S/c1-27-15-20(18-6-9-26-22(18)23(27)29)19-12-17(31(2,3)30)4-5-21(19)28-10-7-24(8-11-28)13-16(24)14-25/h4-6,9,12,15-16,26H,2,7-8,10-11,13H2,1,3H3. The zero-order valence-electron chi connectivity index (χ0n) is 17.9. The van der Waals surface area contributed by atoms with Crippen LogP contribution in [0.25, 0.3) is 22.0 Å². The van der Waals surface area contributed by atoms with Crippen LogP contribution in [0.4, 0.5) is 5.69 Å². The molecule has 2 aromatic heterocycles. The number of pyridine rings is 1. The summed E-state index contributed by atoms with van der Waals surface area (Å²) >= 11 is 0. The fourth-order valence-electron chi connectivity index (χ4n) is 5.03. The van der Waals surface area contributed by atoms with Gasteiger partial charge >= 0.3 is 0 Å². The number of piperidine rings is 1. The molecule has 2 unspecified atom stereocenters. The minimum absolute atomic E-state index is 0.0749. The van der Waals surface area contributed by atoms with E-state index in [0.29, 0.717) is 10.4 Å². The number of aromatic nitrogens is 2. The fraction of sp³-hybridized carbons (Fsp3) is 0.375. The molecule has 5 rings (SSSR count). The van der Waals surface area contributed by atoms with Crippen LogP contribution in [0, 0.1) is 22.7 Å². The third kappa shape index (κ3) is 3.17. The SMILES string of the molecule is C=S(C)(=O)c1ccc(N2CCC3(CC2)CC3C#N)c(-c2cn(C)c(=O)c3[nH]ccc23)c1. The molecule has 1 saturated heterocycles.